The van der Waals surface area contributed by atoms with Crippen molar-refractivity contribution in [2.24, 2.45) is 11.8 Å². The van der Waals surface area contributed by atoms with Gasteiger partial charge in [-0.1, -0.05) is 25.3 Å². The summed E-state index contributed by atoms with van der Waals surface area (Å²) in [4.78, 5) is 44.7. The molecule has 2 bridgehead atoms. The number of carbonyl (C=O) groups excluding carboxylic acids is 2. The summed E-state index contributed by atoms with van der Waals surface area (Å²) >= 11 is 0. The maximum atomic E-state index is 13.2. The van der Waals surface area contributed by atoms with Gasteiger partial charge in [0, 0.05) is 43.4 Å². The Bertz CT molecular complexity index is 1040. The molecule has 0 radical (unpaired) electrons. The van der Waals surface area contributed by atoms with E-state index in [0.29, 0.717) is 31.0 Å². The minimum atomic E-state index is -0.124. The Kier molecular flexibility index (Phi) is 5.34. The fourth-order valence-corrected chi connectivity index (χ4v) is 5.46. The van der Waals surface area contributed by atoms with Crippen LogP contribution in [0.2, 0.25) is 0 Å². The van der Waals surface area contributed by atoms with Gasteiger partial charge in [-0.2, -0.15) is 0 Å². The van der Waals surface area contributed by atoms with Gasteiger partial charge in [0.2, 0.25) is 5.91 Å². The van der Waals surface area contributed by atoms with E-state index in [4.69, 9.17) is 0 Å². The number of carbonyl (C=O) groups is 2. The molecule has 2 aromatic rings. The predicted octanol–water partition coefficient (Wildman–Crippen LogP) is 3.02. The molecule has 1 saturated heterocycles. The molecule has 1 aliphatic carbocycles. The van der Waals surface area contributed by atoms with Gasteiger partial charge in [-0.25, -0.2) is 0 Å². The van der Waals surface area contributed by atoms with Crippen molar-refractivity contribution in [1.29, 1.82) is 0 Å². The van der Waals surface area contributed by atoms with Crippen molar-refractivity contribution in [3.63, 3.8) is 0 Å². The summed E-state index contributed by atoms with van der Waals surface area (Å²) in [7, 11) is 0. The highest BCUT2D eigenvalue weighted by Crippen LogP contribution is 2.36. The standard InChI is InChI=1S/C24H28N4O3/c29-22(17-6-2-1-3-7-17)26-20-9-10-21-18-12-16(14-28(21)24(20)31)13-27(15-18)23(30)19-8-4-5-11-25-19/h4-5,8-11,16-18H,1-3,6-7,12-15H2,(H,26,29)/t16-,18+/m0/s1. The summed E-state index contributed by atoms with van der Waals surface area (Å²) in [5, 5.41) is 2.90. The molecular weight excluding hydrogens is 392 g/mol. The molecule has 31 heavy (non-hydrogen) atoms. The first-order chi connectivity index (χ1) is 15.1. The molecule has 5 rings (SSSR count). The zero-order chi connectivity index (χ0) is 21.4. The average Bonchev–Trinajstić information content (AvgIpc) is 2.81. The molecule has 1 N–H and O–H groups in total. The zero-order valence-corrected chi connectivity index (χ0v) is 17.6. The Hall–Kier alpha value is -2.96. The lowest BCUT2D eigenvalue weighted by Gasteiger charge is -2.42. The van der Waals surface area contributed by atoms with Crippen molar-refractivity contribution in [3.05, 3.63) is 58.3 Å². The van der Waals surface area contributed by atoms with E-state index < -0.39 is 0 Å². The van der Waals surface area contributed by atoms with Crippen LogP contribution in [0.5, 0.6) is 0 Å². The number of pyridine rings is 2. The number of piperidine rings is 1. The van der Waals surface area contributed by atoms with Crippen LogP contribution in [-0.4, -0.2) is 39.4 Å². The molecule has 3 aliphatic rings. The van der Waals surface area contributed by atoms with E-state index in [2.05, 4.69) is 10.3 Å². The fourth-order valence-electron chi connectivity index (χ4n) is 5.46. The molecular formula is C24H28N4O3. The Labute approximate surface area is 181 Å². The van der Waals surface area contributed by atoms with Crippen LogP contribution in [0.3, 0.4) is 0 Å². The van der Waals surface area contributed by atoms with Crippen LogP contribution in [0, 0.1) is 11.8 Å². The number of anilines is 1. The molecule has 7 heteroatoms. The monoisotopic (exact) mass is 420 g/mol. The van der Waals surface area contributed by atoms with Gasteiger partial charge in [0.1, 0.15) is 11.4 Å². The third-order valence-electron chi connectivity index (χ3n) is 7.01. The normalized spacial score (nSPS) is 23.2. The smallest absolute Gasteiger partial charge is 0.274 e. The number of aromatic nitrogens is 2. The second kappa shape index (κ2) is 8.29. The molecule has 1 saturated carbocycles. The molecule has 2 amide bonds. The summed E-state index contributed by atoms with van der Waals surface area (Å²) in [5.74, 6) is 0.277. The van der Waals surface area contributed by atoms with Crippen LogP contribution in [0.25, 0.3) is 0 Å². The van der Waals surface area contributed by atoms with Crippen LogP contribution >= 0.6 is 0 Å². The molecule has 2 fully saturated rings. The van der Waals surface area contributed by atoms with Crippen molar-refractivity contribution in [2.75, 3.05) is 18.4 Å². The second-order valence-electron chi connectivity index (χ2n) is 9.14. The molecule has 0 spiro atoms. The van der Waals surface area contributed by atoms with Gasteiger partial charge in [0.25, 0.3) is 11.5 Å². The highest BCUT2D eigenvalue weighted by atomic mass is 16.2. The van der Waals surface area contributed by atoms with Crippen LogP contribution in [0.1, 0.15) is 60.6 Å². The largest absolute Gasteiger partial charge is 0.336 e. The summed E-state index contributed by atoms with van der Waals surface area (Å²) in [6, 6.07) is 9.06. The molecule has 0 unspecified atom stereocenters. The van der Waals surface area contributed by atoms with E-state index in [9.17, 15) is 14.4 Å². The number of hydrogen-bond acceptors (Lipinski definition) is 4. The average molecular weight is 421 g/mol. The maximum absolute atomic E-state index is 13.2. The van der Waals surface area contributed by atoms with Gasteiger partial charge >= 0.3 is 0 Å². The Morgan fingerprint density at radius 3 is 2.61 bits per heavy atom. The highest BCUT2D eigenvalue weighted by molar-refractivity contribution is 5.93. The Morgan fingerprint density at radius 2 is 1.84 bits per heavy atom. The van der Waals surface area contributed by atoms with Crippen molar-refractivity contribution in [3.8, 4) is 0 Å². The maximum Gasteiger partial charge on any atom is 0.274 e. The lowest BCUT2D eigenvalue weighted by atomic mass is 9.83. The van der Waals surface area contributed by atoms with Crippen molar-refractivity contribution < 1.29 is 9.59 Å². The first kappa shape index (κ1) is 20.0. The quantitative estimate of drug-likeness (QED) is 0.827. The van der Waals surface area contributed by atoms with Crippen molar-refractivity contribution in [2.45, 2.75) is 51.0 Å². The number of nitrogens with one attached hydrogen (secondary N) is 1. The summed E-state index contributed by atoms with van der Waals surface area (Å²) in [6.07, 6.45) is 7.77. The number of likely N-dealkylation sites (tertiary alicyclic amines) is 1. The van der Waals surface area contributed by atoms with Gasteiger partial charge in [-0.05, 0) is 49.4 Å². The number of fused-ring (bicyclic) bond motifs is 4. The molecule has 4 heterocycles. The van der Waals surface area contributed by atoms with E-state index in [-0.39, 0.29) is 35.1 Å². The zero-order valence-electron chi connectivity index (χ0n) is 17.6. The number of nitrogens with zero attached hydrogens (tertiary/aromatic N) is 3. The Balaban J connectivity index is 1.35. The number of rotatable bonds is 3. The van der Waals surface area contributed by atoms with Crippen molar-refractivity contribution in [1.82, 2.24) is 14.5 Å². The summed E-state index contributed by atoms with van der Waals surface area (Å²) in [5.41, 5.74) is 1.66. The van der Waals surface area contributed by atoms with Gasteiger partial charge in [-0.3, -0.25) is 19.4 Å². The van der Waals surface area contributed by atoms with E-state index in [1.165, 1.54) is 6.42 Å². The fraction of sp³-hybridized carbons (Fsp3) is 0.500. The van der Waals surface area contributed by atoms with Crippen LogP contribution in [0.15, 0.2) is 41.3 Å². The van der Waals surface area contributed by atoms with Gasteiger partial charge in [0.15, 0.2) is 0 Å². The predicted molar refractivity (Wildman–Crippen MR) is 117 cm³/mol. The first-order valence-corrected chi connectivity index (χ1v) is 11.3. The SMILES string of the molecule is O=C(Nc1ccc2n(c1=O)C[C@H]1C[C@@H]2CN(C(=O)c2ccccn2)C1)C1CCCCC1. The Morgan fingerprint density at radius 1 is 1.00 bits per heavy atom. The van der Waals surface area contributed by atoms with E-state index in [0.717, 1.165) is 37.8 Å². The highest BCUT2D eigenvalue weighted by Gasteiger charge is 2.37. The second-order valence-corrected chi connectivity index (χ2v) is 9.14. The van der Waals surface area contributed by atoms with E-state index in [1.807, 2.05) is 21.6 Å². The molecule has 2 aromatic heterocycles. The van der Waals surface area contributed by atoms with Crippen LogP contribution in [-0.2, 0) is 11.3 Å². The number of amides is 2. The van der Waals surface area contributed by atoms with E-state index >= 15 is 0 Å². The lowest BCUT2D eigenvalue weighted by molar-refractivity contribution is -0.120. The molecule has 2 aliphatic heterocycles. The minimum absolute atomic E-state index is 0.0136. The van der Waals surface area contributed by atoms with Gasteiger partial charge in [-0.15, -0.1) is 0 Å². The molecule has 7 nitrogen and oxygen atoms in total. The molecule has 162 valence electrons. The first-order valence-electron chi connectivity index (χ1n) is 11.3. The molecule has 0 aromatic carbocycles. The van der Waals surface area contributed by atoms with E-state index in [1.54, 1.807) is 24.4 Å². The van der Waals surface area contributed by atoms with Gasteiger partial charge in [0.05, 0.1) is 0 Å². The summed E-state index contributed by atoms with van der Waals surface area (Å²) < 4.78 is 1.82. The molecule has 2 atom stereocenters. The third kappa shape index (κ3) is 3.89. The summed E-state index contributed by atoms with van der Waals surface area (Å²) in [6.45, 7) is 1.78. The topological polar surface area (TPSA) is 84.3 Å². The van der Waals surface area contributed by atoms with Crippen LogP contribution in [0.4, 0.5) is 5.69 Å². The third-order valence-corrected chi connectivity index (χ3v) is 7.01. The van der Waals surface area contributed by atoms with Crippen molar-refractivity contribution >= 4 is 17.5 Å². The van der Waals surface area contributed by atoms with Crippen LogP contribution < -0.4 is 10.9 Å². The number of hydrogen-bond donors (Lipinski definition) is 1. The van der Waals surface area contributed by atoms with Gasteiger partial charge < -0.3 is 14.8 Å². The minimum Gasteiger partial charge on any atom is -0.336 e. The lowest BCUT2D eigenvalue weighted by Crippen LogP contribution is -2.49.